The summed E-state index contributed by atoms with van der Waals surface area (Å²) in [5.74, 6) is -0.265. The van der Waals surface area contributed by atoms with Gasteiger partial charge in [0.1, 0.15) is 0 Å². The van der Waals surface area contributed by atoms with Gasteiger partial charge in [0, 0.05) is 5.33 Å². The summed E-state index contributed by atoms with van der Waals surface area (Å²) in [4.78, 5) is 11.3. The minimum atomic E-state index is -0.265. The first-order valence-electron chi connectivity index (χ1n) is 5.33. The third kappa shape index (κ3) is 3.31. The first-order chi connectivity index (χ1) is 8.15. The number of alkyl halides is 1. The van der Waals surface area contributed by atoms with Gasteiger partial charge < -0.3 is 4.74 Å². The van der Waals surface area contributed by atoms with Gasteiger partial charge >= 0.3 is 5.97 Å². The van der Waals surface area contributed by atoms with E-state index in [1.807, 2.05) is 19.1 Å². The smallest absolute Gasteiger partial charge is 0.309 e. The van der Waals surface area contributed by atoms with Gasteiger partial charge in [-0.15, -0.1) is 0 Å². The van der Waals surface area contributed by atoms with E-state index in [1.165, 1.54) is 7.11 Å². The van der Waals surface area contributed by atoms with Crippen LogP contribution in [0.15, 0.2) is 12.1 Å². The average Bonchev–Trinajstić information content (AvgIpc) is 2.37. The minimum absolute atomic E-state index is 0.246. The first-order valence-corrected chi connectivity index (χ1v) is 6.45. The lowest BCUT2D eigenvalue weighted by Gasteiger charge is -2.10. The summed E-state index contributed by atoms with van der Waals surface area (Å²) < 4.78 is 4.66. The van der Waals surface area contributed by atoms with Crippen LogP contribution in [-0.4, -0.2) is 13.1 Å². The quantitative estimate of drug-likeness (QED) is 0.634. The van der Waals surface area contributed by atoms with Gasteiger partial charge in [-0.3, -0.25) is 4.79 Å². The molecule has 1 rings (SSSR count). The van der Waals surface area contributed by atoms with Crippen molar-refractivity contribution in [2.24, 2.45) is 0 Å². The van der Waals surface area contributed by atoms with Gasteiger partial charge in [-0.1, -0.05) is 28.9 Å². The standard InChI is InChI=1S/C13H14BrNO2/c1-3-9-4-10(6-13(16)17-2)11(7-14)5-12(9)8-15/h4-5H,3,6-7H2,1-2H3. The maximum atomic E-state index is 11.3. The van der Waals surface area contributed by atoms with Crippen LogP contribution in [0.25, 0.3) is 0 Å². The van der Waals surface area contributed by atoms with Crippen molar-refractivity contribution in [3.63, 3.8) is 0 Å². The number of ether oxygens (including phenoxy) is 1. The Morgan fingerprint density at radius 2 is 2.12 bits per heavy atom. The molecule has 1 aromatic carbocycles. The highest BCUT2D eigenvalue weighted by molar-refractivity contribution is 9.08. The highest BCUT2D eigenvalue weighted by atomic mass is 79.9. The van der Waals surface area contributed by atoms with E-state index < -0.39 is 0 Å². The lowest BCUT2D eigenvalue weighted by atomic mass is 9.96. The molecule has 17 heavy (non-hydrogen) atoms. The van der Waals surface area contributed by atoms with Crippen LogP contribution in [0.4, 0.5) is 0 Å². The molecular formula is C13H14BrNO2. The third-order valence-electron chi connectivity index (χ3n) is 2.63. The largest absolute Gasteiger partial charge is 0.469 e. The van der Waals surface area contributed by atoms with Crippen LogP contribution in [-0.2, 0) is 27.7 Å². The molecular weight excluding hydrogens is 282 g/mol. The van der Waals surface area contributed by atoms with E-state index in [9.17, 15) is 4.79 Å². The van der Waals surface area contributed by atoms with Crippen molar-refractivity contribution in [2.45, 2.75) is 25.1 Å². The number of rotatable bonds is 4. The topological polar surface area (TPSA) is 50.1 Å². The van der Waals surface area contributed by atoms with Gasteiger partial charge in [-0.2, -0.15) is 5.26 Å². The predicted octanol–water partition coefficient (Wildman–Crippen LogP) is 2.73. The van der Waals surface area contributed by atoms with Crippen molar-refractivity contribution < 1.29 is 9.53 Å². The monoisotopic (exact) mass is 295 g/mol. The van der Waals surface area contributed by atoms with Crippen LogP contribution in [0.3, 0.4) is 0 Å². The van der Waals surface area contributed by atoms with E-state index >= 15 is 0 Å². The molecule has 0 aliphatic heterocycles. The molecule has 1 aromatic rings. The predicted molar refractivity (Wildman–Crippen MR) is 68.9 cm³/mol. The van der Waals surface area contributed by atoms with E-state index in [1.54, 1.807) is 0 Å². The second kappa shape index (κ2) is 6.41. The van der Waals surface area contributed by atoms with Gasteiger partial charge in [-0.25, -0.2) is 0 Å². The third-order valence-corrected chi connectivity index (χ3v) is 3.24. The second-order valence-corrected chi connectivity index (χ2v) is 4.19. The Balaban J connectivity index is 3.20. The minimum Gasteiger partial charge on any atom is -0.469 e. The number of halogens is 1. The molecule has 0 heterocycles. The van der Waals surface area contributed by atoms with Crippen molar-refractivity contribution in [1.29, 1.82) is 5.26 Å². The highest BCUT2D eigenvalue weighted by Crippen LogP contribution is 2.20. The molecule has 0 N–H and O–H groups in total. The van der Waals surface area contributed by atoms with E-state index in [-0.39, 0.29) is 12.4 Å². The zero-order valence-electron chi connectivity index (χ0n) is 9.92. The number of carbonyl (C=O) groups excluding carboxylic acids is 1. The molecule has 0 aliphatic carbocycles. The van der Waals surface area contributed by atoms with Gasteiger partial charge in [-0.05, 0) is 29.2 Å². The highest BCUT2D eigenvalue weighted by Gasteiger charge is 2.11. The molecule has 4 heteroatoms. The summed E-state index contributed by atoms with van der Waals surface area (Å²) in [7, 11) is 1.38. The second-order valence-electron chi connectivity index (χ2n) is 3.63. The summed E-state index contributed by atoms with van der Waals surface area (Å²) in [5, 5.41) is 9.65. The van der Waals surface area contributed by atoms with Crippen molar-refractivity contribution in [1.82, 2.24) is 0 Å². The van der Waals surface area contributed by atoms with Crippen molar-refractivity contribution in [2.75, 3.05) is 7.11 Å². The Kier molecular flexibility index (Phi) is 5.17. The van der Waals surface area contributed by atoms with Crippen LogP contribution in [0.2, 0.25) is 0 Å². The number of esters is 1. The number of benzene rings is 1. The fourth-order valence-electron chi connectivity index (χ4n) is 1.65. The molecule has 0 bridgehead atoms. The normalized spacial score (nSPS) is 9.76. The number of hydrogen-bond donors (Lipinski definition) is 0. The SMILES string of the molecule is CCc1cc(CC(=O)OC)c(CBr)cc1C#N. The summed E-state index contributed by atoms with van der Waals surface area (Å²) >= 11 is 3.37. The summed E-state index contributed by atoms with van der Waals surface area (Å²) in [6.45, 7) is 1.99. The summed E-state index contributed by atoms with van der Waals surface area (Å²) in [6, 6.07) is 5.94. The van der Waals surface area contributed by atoms with Gasteiger partial charge in [0.25, 0.3) is 0 Å². The fourth-order valence-corrected chi connectivity index (χ4v) is 2.18. The first kappa shape index (κ1) is 13.7. The Morgan fingerprint density at radius 3 is 2.59 bits per heavy atom. The molecule has 0 saturated carbocycles. The number of nitriles is 1. The fraction of sp³-hybridized carbons (Fsp3) is 0.385. The van der Waals surface area contributed by atoms with Gasteiger partial charge in [0.15, 0.2) is 0 Å². The average molecular weight is 296 g/mol. The van der Waals surface area contributed by atoms with Crippen LogP contribution in [0, 0.1) is 11.3 Å². The Hall–Kier alpha value is -1.34. The summed E-state index contributed by atoms with van der Waals surface area (Å²) in [5.41, 5.74) is 3.53. The van der Waals surface area contributed by atoms with E-state index in [4.69, 9.17) is 5.26 Å². The molecule has 0 aromatic heterocycles. The molecule has 0 atom stereocenters. The maximum Gasteiger partial charge on any atom is 0.309 e. The molecule has 90 valence electrons. The number of nitrogens with zero attached hydrogens (tertiary/aromatic N) is 1. The van der Waals surface area contributed by atoms with E-state index in [0.717, 1.165) is 23.1 Å². The Bertz CT molecular complexity index is 463. The maximum absolute atomic E-state index is 11.3. The Labute approximate surface area is 110 Å². The number of carbonyl (C=O) groups is 1. The van der Waals surface area contributed by atoms with Crippen LogP contribution < -0.4 is 0 Å². The number of aryl methyl sites for hydroxylation is 1. The number of methoxy groups -OCH3 is 1. The lowest BCUT2D eigenvalue weighted by Crippen LogP contribution is -2.07. The molecule has 0 amide bonds. The molecule has 0 aliphatic rings. The van der Waals surface area contributed by atoms with Crippen molar-refractivity contribution in [3.8, 4) is 6.07 Å². The molecule has 3 nitrogen and oxygen atoms in total. The number of hydrogen-bond acceptors (Lipinski definition) is 3. The molecule has 0 fully saturated rings. The Morgan fingerprint density at radius 1 is 1.41 bits per heavy atom. The van der Waals surface area contributed by atoms with Crippen LogP contribution >= 0.6 is 15.9 Å². The summed E-state index contributed by atoms with van der Waals surface area (Å²) in [6.07, 6.45) is 1.02. The lowest BCUT2D eigenvalue weighted by molar-refractivity contribution is -0.139. The van der Waals surface area contributed by atoms with Gasteiger partial charge in [0.05, 0.1) is 25.2 Å². The van der Waals surface area contributed by atoms with E-state index in [2.05, 4.69) is 26.7 Å². The van der Waals surface area contributed by atoms with Gasteiger partial charge in [0.2, 0.25) is 0 Å². The zero-order valence-corrected chi connectivity index (χ0v) is 11.5. The zero-order chi connectivity index (χ0) is 12.8. The molecule has 0 unspecified atom stereocenters. The van der Waals surface area contributed by atoms with Crippen molar-refractivity contribution in [3.05, 3.63) is 34.4 Å². The molecule has 0 saturated heterocycles. The van der Waals surface area contributed by atoms with Crippen LogP contribution in [0.5, 0.6) is 0 Å². The molecule has 0 radical (unpaired) electrons. The van der Waals surface area contributed by atoms with Crippen molar-refractivity contribution >= 4 is 21.9 Å². The van der Waals surface area contributed by atoms with Crippen LogP contribution in [0.1, 0.15) is 29.2 Å². The van der Waals surface area contributed by atoms with E-state index in [0.29, 0.717) is 10.9 Å². The molecule has 0 spiro atoms.